The number of aryl methyl sites for hydroxylation is 1. The fourth-order valence-electron chi connectivity index (χ4n) is 2.05. The van der Waals surface area contributed by atoms with Gasteiger partial charge in [-0.15, -0.1) is 0 Å². The Morgan fingerprint density at radius 3 is 2.95 bits per heavy atom. The quantitative estimate of drug-likeness (QED) is 0.849. The Balaban J connectivity index is 2.17. The van der Waals surface area contributed by atoms with Crippen molar-refractivity contribution in [3.05, 3.63) is 47.8 Å². The molecule has 0 spiro atoms. The van der Waals surface area contributed by atoms with Gasteiger partial charge >= 0.3 is 0 Å². The van der Waals surface area contributed by atoms with Crippen LogP contribution in [-0.4, -0.2) is 21.6 Å². The Morgan fingerprint density at radius 1 is 1.47 bits per heavy atom. The minimum absolute atomic E-state index is 0.430. The van der Waals surface area contributed by atoms with Crippen LogP contribution in [0.15, 0.2) is 36.7 Å². The molecule has 2 aromatic rings. The van der Waals surface area contributed by atoms with Gasteiger partial charge in [0.25, 0.3) is 0 Å². The molecular formula is C14H18N4S. The molecule has 0 fully saturated rings. The van der Waals surface area contributed by atoms with E-state index < -0.39 is 0 Å². The molecule has 0 saturated carbocycles. The molecule has 0 saturated heterocycles. The highest BCUT2D eigenvalue weighted by Crippen LogP contribution is 2.14. The average molecular weight is 274 g/mol. The van der Waals surface area contributed by atoms with Crippen LogP contribution in [0, 0.1) is 0 Å². The summed E-state index contributed by atoms with van der Waals surface area (Å²) in [4.78, 5) is 6.92. The Morgan fingerprint density at radius 2 is 2.26 bits per heavy atom. The van der Waals surface area contributed by atoms with Crippen molar-refractivity contribution in [1.29, 1.82) is 0 Å². The van der Waals surface area contributed by atoms with Crippen molar-refractivity contribution < 1.29 is 0 Å². The summed E-state index contributed by atoms with van der Waals surface area (Å²) in [7, 11) is 2.03. The maximum Gasteiger partial charge on any atom is 0.205 e. The van der Waals surface area contributed by atoms with Gasteiger partial charge in [0.15, 0.2) is 0 Å². The zero-order chi connectivity index (χ0) is 13.8. The van der Waals surface area contributed by atoms with E-state index in [-0.39, 0.29) is 0 Å². The summed E-state index contributed by atoms with van der Waals surface area (Å²) >= 11 is 5.00. The van der Waals surface area contributed by atoms with Gasteiger partial charge in [-0.25, -0.2) is 4.98 Å². The lowest BCUT2D eigenvalue weighted by atomic mass is 10.1. The molecule has 0 radical (unpaired) electrons. The lowest BCUT2D eigenvalue weighted by Crippen LogP contribution is -2.21. The van der Waals surface area contributed by atoms with Crippen LogP contribution >= 0.6 is 12.2 Å². The minimum atomic E-state index is 0.430. The summed E-state index contributed by atoms with van der Waals surface area (Å²) in [6, 6.07) is 8.00. The van der Waals surface area contributed by atoms with Gasteiger partial charge in [0.1, 0.15) is 4.99 Å². The highest BCUT2D eigenvalue weighted by molar-refractivity contribution is 7.80. The lowest BCUT2D eigenvalue weighted by Gasteiger charge is -2.19. The fraction of sp³-hybridized carbons (Fsp3) is 0.286. The summed E-state index contributed by atoms with van der Waals surface area (Å²) in [5, 5.41) is 0. The fourth-order valence-corrected chi connectivity index (χ4v) is 2.18. The summed E-state index contributed by atoms with van der Waals surface area (Å²) in [6.45, 7) is 3.78. The summed E-state index contributed by atoms with van der Waals surface area (Å²) < 4.78 is 2.11. The highest BCUT2D eigenvalue weighted by Gasteiger charge is 2.08. The van der Waals surface area contributed by atoms with Gasteiger partial charge in [-0.2, -0.15) is 0 Å². The molecule has 0 unspecified atom stereocenters. The molecule has 19 heavy (non-hydrogen) atoms. The van der Waals surface area contributed by atoms with E-state index in [0.717, 1.165) is 24.6 Å². The number of thiocarbonyl (C=S) groups is 1. The molecule has 1 aromatic heterocycles. The number of benzene rings is 1. The van der Waals surface area contributed by atoms with Gasteiger partial charge in [0.2, 0.25) is 5.95 Å². The van der Waals surface area contributed by atoms with Crippen molar-refractivity contribution in [3.63, 3.8) is 0 Å². The second-order valence-electron chi connectivity index (χ2n) is 4.43. The number of nitrogens with zero attached hydrogens (tertiary/aromatic N) is 3. The van der Waals surface area contributed by atoms with E-state index in [9.17, 15) is 0 Å². The number of nitrogens with two attached hydrogens (primary N) is 1. The van der Waals surface area contributed by atoms with Gasteiger partial charge in [-0.3, -0.25) is 0 Å². The number of rotatable bonds is 5. The number of aromatic nitrogens is 2. The molecule has 1 heterocycles. The Labute approximate surface area is 118 Å². The van der Waals surface area contributed by atoms with Gasteiger partial charge in [-0.05, 0) is 18.6 Å². The summed E-state index contributed by atoms with van der Waals surface area (Å²) in [5.41, 5.74) is 7.72. The number of imidazole rings is 1. The van der Waals surface area contributed by atoms with Crippen LogP contribution in [0.5, 0.6) is 0 Å². The highest BCUT2D eigenvalue weighted by atomic mass is 32.1. The van der Waals surface area contributed by atoms with E-state index in [1.165, 1.54) is 5.56 Å². The predicted octanol–water partition coefficient (Wildman–Crippen LogP) is 2.17. The molecule has 0 bridgehead atoms. The Hall–Kier alpha value is -1.88. The minimum Gasteiger partial charge on any atom is -0.389 e. The zero-order valence-electron chi connectivity index (χ0n) is 11.2. The SMILES string of the molecule is CCn1ccnc1N(C)Cc1cccc(C(N)=S)c1. The molecule has 1 aromatic carbocycles. The molecule has 0 atom stereocenters. The molecule has 4 nitrogen and oxygen atoms in total. The van der Waals surface area contributed by atoms with E-state index in [2.05, 4.69) is 27.4 Å². The monoisotopic (exact) mass is 274 g/mol. The molecule has 2 rings (SSSR count). The zero-order valence-corrected chi connectivity index (χ0v) is 12.0. The van der Waals surface area contributed by atoms with Crippen LogP contribution in [0.3, 0.4) is 0 Å². The first kappa shape index (κ1) is 13.5. The molecule has 100 valence electrons. The van der Waals surface area contributed by atoms with Gasteiger partial charge in [0, 0.05) is 38.1 Å². The van der Waals surface area contributed by atoms with Crippen LogP contribution in [0.25, 0.3) is 0 Å². The van der Waals surface area contributed by atoms with Crippen LogP contribution in [-0.2, 0) is 13.1 Å². The van der Waals surface area contributed by atoms with E-state index in [1.807, 2.05) is 37.6 Å². The third kappa shape index (κ3) is 3.12. The van der Waals surface area contributed by atoms with E-state index in [4.69, 9.17) is 18.0 Å². The van der Waals surface area contributed by atoms with Gasteiger partial charge in [-0.1, -0.05) is 30.4 Å². The van der Waals surface area contributed by atoms with E-state index in [0.29, 0.717) is 4.99 Å². The van der Waals surface area contributed by atoms with Crippen LogP contribution in [0.2, 0.25) is 0 Å². The van der Waals surface area contributed by atoms with Gasteiger partial charge in [0.05, 0.1) is 0 Å². The molecule has 5 heteroatoms. The first-order valence-electron chi connectivity index (χ1n) is 6.23. The van der Waals surface area contributed by atoms with Crippen molar-refractivity contribution in [3.8, 4) is 0 Å². The third-order valence-corrected chi connectivity index (χ3v) is 3.24. The van der Waals surface area contributed by atoms with Crippen LogP contribution in [0.4, 0.5) is 5.95 Å². The maximum absolute atomic E-state index is 5.66. The normalized spacial score (nSPS) is 10.4. The first-order valence-corrected chi connectivity index (χ1v) is 6.63. The number of anilines is 1. The van der Waals surface area contributed by atoms with Gasteiger partial charge < -0.3 is 15.2 Å². The number of hydrogen-bond donors (Lipinski definition) is 1. The predicted molar refractivity (Wildman–Crippen MR) is 82.3 cm³/mol. The molecule has 0 amide bonds. The van der Waals surface area contributed by atoms with Crippen molar-refractivity contribution in [2.45, 2.75) is 20.0 Å². The average Bonchev–Trinajstić information content (AvgIpc) is 2.87. The molecule has 0 aliphatic rings. The smallest absolute Gasteiger partial charge is 0.205 e. The van der Waals surface area contributed by atoms with E-state index in [1.54, 1.807) is 0 Å². The second-order valence-corrected chi connectivity index (χ2v) is 4.87. The molecule has 0 aliphatic heterocycles. The standard InChI is InChI=1S/C14H18N4S/c1-3-18-8-7-16-14(18)17(2)10-11-5-4-6-12(9-11)13(15)19/h4-9H,3,10H2,1-2H3,(H2,15,19). The molecule has 2 N–H and O–H groups in total. The number of hydrogen-bond acceptors (Lipinski definition) is 3. The van der Waals surface area contributed by atoms with E-state index >= 15 is 0 Å². The molecule has 0 aliphatic carbocycles. The maximum atomic E-state index is 5.66. The van der Waals surface area contributed by atoms with Crippen molar-refractivity contribution in [2.24, 2.45) is 5.73 Å². The van der Waals surface area contributed by atoms with Crippen LogP contribution < -0.4 is 10.6 Å². The largest absolute Gasteiger partial charge is 0.389 e. The summed E-state index contributed by atoms with van der Waals surface area (Å²) in [5.74, 6) is 0.961. The Bertz CT molecular complexity index is 576. The summed E-state index contributed by atoms with van der Waals surface area (Å²) in [6.07, 6.45) is 3.80. The Kier molecular flexibility index (Phi) is 4.16. The van der Waals surface area contributed by atoms with Crippen molar-refractivity contribution >= 4 is 23.2 Å². The first-order chi connectivity index (χ1) is 9.11. The lowest BCUT2D eigenvalue weighted by molar-refractivity contribution is 0.725. The topological polar surface area (TPSA) is 47.1 Å². The molecular weight excluding hydrogens is 256 g/mol. The van der Waals surface area contributed by atoms with Crippen LogP contribution in [0.1, 0.15) is 18.1 Å². The second kappa shape index (κ2) is 5.84. The van der Waals surface area contributed by atoms with Crippen molar-refractivity contribution in [1.82, 2.24) is 9.55 Å². The van der Waals surface area contributed by atoms with Crippen molar-refractivity contribution in [2.75, 3.05) is 11.9 Å². The third-order valence-electron chi connectivity index (χ3n) is 3.01.